The second-order valence-corrected chi connectivity index (χ2v) is 23.1. The number of esters is 3. The first-order chi connectivity index (χ1) is 39.0. The number of hydrogen-bond donors (Lipinski definition) is 0. The quantitative estimate of drug-likeness (QED) is 0.0261. The van der Waals surface area contributed by atoms with Crippen LogP contribution in [0.1, 0.15) is 355 Å². The molecule has 6 nitrogen and oxygen atoms in total. The molecule has 1 atom stereocenters. The minimum atomic E-state index is -0.789. The zero-order chi connectivity index (χ0) is 57.1. The Hall–Kier alpha value is -3.15. The standard InChI is InChI=1S/C73H130O6/c1-4-7-10-13-16-19-22-25-27-29-31-33-35-36-38-39-41-43-45-48-51-54-57-60-63-66-72(75)78-69-70(68-77-71(74)65-62-59-56-53-50-47-24-21-18-15-12-9-6-3)79-73(76)67-64-61-58-55-52-49-46-44-42-40-37-34-32-30-28-26-23-20-17-14-11-8-5-2/h9,12,18,21-22,25,29,31,35-36,47,50,70H,4-8,10-11,13-17,19-20,23-24,26-28,30,32-34,37-46,48-49,51-69H2,1-3H3/b12-9-,21-18-,25-22-,31-29-,36-35-,50-47-. The van der Waals surface area contributed by atoms with E-state index < -0.39 is 6.10 Å². The van der Waals surface area contributed by atoms with E-state index in [1.54, 1.807) is 0 Å². The summed E-state index contributed by atoms with van der Waals surface area (Å²) in [6, 6.07) is 0. The molecule has 0 aromatic rings. The lowest BCUT2D eigenvalue weighted by atomic mass is 10.0. The second kappa shape index (κ2) is 67.4. The van der Waals surface area contributed by atoms with Crippen LogP contribution in [0.15, 0.2) is 72.9 Å². The lowest BCUT2D eigenvalue weighted by molar-refractivity contribution is -0.167. The van der Waals surface area contributed by atoms with Crippen molar-refractivity contribution in [1.82, 2.24) is 0 Å². The van der Waals surface area contributed by atoms with Crippen LogP contribution in [0.5, 0.6) is 0 Å². The molecule has 0 amide bonds. The highest BCUT2D eigenvalue weighted by Gasteiger charge is 2.19. The van der Waals surface area contributed by atoms with E-state index in [1.807, 2.05) is 0 Å². The van der Waals surface area contributed by atoms with Crippen LogP contribution in [0, 0.1) is 0 Å². The van der Waals surface area contributed by atoms with Gasteiger partial charge in [0.05, 0.1) is 0 Å². The third kappa shape index (κ3) is 65.5. The van der Waals surface area contributed by atoms with E-state index in [-0.39, 0.29) is 31.1 Å². The Morgan fingerprint density at radius 2 is 0.494 bits per heavy atom. The van der Waals surface area contributed by atoms with E-state index in [9.17, 15) is 14.4 Å². The van der Waals surface area contributed by atoms with Gasteiger partial charge in [-0.2, -0.15) is 0 Å². The van der Waals surface area contributed by atoms with Gasteiger partial charge >= 0.3 is 17.9 Å². The zero-order valence-corrected chi connectivity index (χ0v) is 52.6. The molecule has 0 aliphatic rings. The molecule has 0 bridgehead atoms. The van der Waals surface area contributed by atoms with Gasteiger partial charge in [-0.15, -0.1) is 0 Å². The van der Waals surface area contributed by atoms with Crippen molar-refractivity contribution in [2.24, 2.45) is 0 Å². The molecular weight excluding hydrogens is 973 g/mol. The van der Waals surface area contributed by atoms with Crippen LogP contribution in [-0.2, 0) is 28.6 Å². The number of unbranched alkanes of at least 4 members (excludes halogenated alkanes) is 40. The predicted octanol–water partition coefficient (Wildman–Crippen LogP) is 23.7. The van der Waals surface area contributed by atoms with Gasteiger partial charge in [0, 0.05) is 19.3 Å². The van der Waals surface area contributed by atoms with E-state index in [0.717, 1.165) is 96.3 Å². The maximum atomic E-state index is 12.9. The minimum Gasteiger partial charge on any atom is -0.462 e. The fourth-order valence-corrected chi connectivity index (χ4v) is 10.1. The van der Waals surface area contributed by atoms with Crippen molar-refractivity contribution in [3.8, 4) is 0 Å². The summed E-state index contributed by atoms with van der Waals surface area (Å²) in [5.41, 5.74) is 0. The Labute approximate surface area is 491 Å². The molecule has 0 aliphatic carbocycles. The summed E-state index contributed by atoms with van der Waals surface area (Å²) in [7, 11) is 0. The first kappa shape index (κ1) is 75.8. The Kier molecular flexibility index (Phi) is 64.7. The highest BCUT2D eigenvalue weighted by molar-refractivity contribution is 5.71. The van der Waals surface area contributed by atoms with Crippen molar-refractivity contribution in [2.45, 2.75) is 361 Å². The second-order valence-electron chi connectivity index (χ2n) is 23.1. The number of hydrogen-bond acceptors (Lipinski definition) is 6. The minimum absolute atomic E-state index is 0.0840. The highest BCUT2D eigenvalue weighted by atomic mass is 16.6. The first-order valence-corrected chi connectivity index (χ1v) is 34.4. The summed E-state index contributed by atoms with van der Waals surface area (Å²) < 4.78 is 16.9. The van der Waals surface area contributed by atoms with Crippen LogP contribution < -0.4 is 0 Å². The molecular formula is C73H130O6. The number of carbonyl (C=O) groups excluding carboxylic acids is 3. The molecule has 0 fully saturated rings. The van der Waals surface area contributed by atoms with Gasteiger partial charge in [-0.05, 0) is 89.9 Å². The van der Waals surface area contributed by atoms with Gasteiger partial charge in [-0.25, -0.2) is 0 Å². The maximum absolute atomic E-state index is 12.9. The largest absolute Gasteiger partial charge is 0.462 e. The average molecular weight is 1100 g/mol. The SMILES string of the molecule is CC/C=C\C/C=C\C/C=C\CCCCCC(=O)OCC(COC(=O)CCCCCCCCCCCC/C=C\C/C=C\C/C=C\CCCCCCC)OC(=O)CCCCCCCCCCCCCCCCCCCCCCCCC. The van der Waals surface area contributed by atoms with Crippen molar-refractivity contribution in [2.75, 3.05) is 13.2 Å². The molecule has 0 heterocycles. The predicted molar refractivity (Wildman–Crippen MR) is 344 cm³/mol. The van der Waals surface area contributed by atoms with Crippen LogP contribution in [0.2, 0.25) is 0 Å². The Morgan fingerprint density at radius 3 is 0.785 bits per heavy atom. The smallest absolute Gasteiger partial charge is 0.306 e. The molecule has 0 N–H and O–H groups in total. The molecule has 0 spiro atoms. The lowest BCUT2D eigenvalue weighted by Crippen LogP contribution is -2.30. The van der Waals surface area contributed by atoms with E-state index in [2.05, 4.69) is 93.7 Å². The van der Waals surface area contributed by atoms with Crippen molar-refractivity contribution in [3.05, 3.63) is 72.9 Å². The molecule has 0 aliphatic heterocycles. The van der Waals surface area contributed by atoms with Crippen LogP contribution in [0.25, 0.3) is 0 Å². The van der Waals surface area contributed by atoms with Crippen LogP contribution in [0.4, 0.5) is 0 Å². The molecule has 6 heteroatoms. The molecule has 0 aromatic carbocycles. The van der Waals surface area contributed by atoms with Crippen LogP contribution in [0.3, 0.4) is 0 Å². The monoisotopic (exact) mass is 1100 g/mol. The summed E-state index contributed by atoms with van der Waals surface area (Å²) in [5, 5.41) is 0. The molecule has 1 unspecified atom stereocenters. The van der Waals surface area contributed by atoms with Crippen LogP contribution in [-0.4, -0.2) is 37.2 Å². The van der Waals surface area contributed by atoms with Gasteiger partial charge in [0.1, 0.15) is 13.2 Å². The molecule has 0 saturated heterocycles. The van der Waals surface area contributed by atoms with Gasteiger partial charge < -0.3 is 14.2 Å². The van der Waals surface area contributed by atoms with E-state index in [4.69, 9.17) is 14.2 Å². The average Bonchev–Trinajstić information content (AvgIpc) is 3.45. The summed E-state index contributed by atoms with van der Waals surface area (Å²) in [5.74, 6) is -0.899. The fraction of sp³-hybridized carbons (Fsp3) is 0.795. The fourth-order valence-electron chi connectivity index (χ4n) is 10.1. The Morgan fingerprint density at radius 1 is 0.266 bits per heavy atom. The topological polar surface area (TPSA) is 78.9 Å². The van der Waals surface area contributed by atoms with Gasteiger partial charge in [-0.1, -0.05) is 318 Å². The maximum Gasteiger partial charge on any atom is 0.306 e. The summed E-state index contributed by atoms with van der Waals surface area (Å²) in [6.45, 7) is 6.54. The summed E-state index contributed by atoms with van der Waals surface area (Å²) >= 11 is 0. The number of ether oxygens (including phenoxy) is 3. The Bertz CT molecular complexity index is 1450. The molecule has 0 radical (unpaired) electrons. The van der Waals surface area contributed by atoms with E-state index in [1.165, 1.54) is 218 Å². The van der Waals surface area contributed by atoms with Gasteiger partial charge in [0.2, 0.25) is 0 Å². The van der Waals surface area contributed by atoms with Gasteiger partial charge in [0.25, 0.3) is 0 Å². The summed E-state index contributed by atoms with van der Waals surface area (Å²) in [4.78, 5) is 38.4. The van der Waals surface area contributed by atoms with E-state index in [0.29, 0.717) is 19.3 Å². The summed E-state index contributed by atoms with van der Waals surface area (Å²) in [6.07, 6.45) is 87.9. The normalized spacial score (nSPS) is 12.5. The van der Waals surface area contributed by atoms with E-state index >= 15 is 0 Å². The van der Waals surface area contributed by atoms with Gasteiger partial charge in [-0.3, -0.25) is 14.4 Å². The number of rotatable bonds is 63. The third-order valence-electron chi connectivity index (χ3n) is 15.2. The molecule has 0 aromatic heterocycles. The van der Waals surface area contributed by atoms with Crippen molar-refractivity contribution in [3.63, 3.8) is 0 Å². The van der Waals surface area contributed by atoms with Gasteiger partial charge in [0.15, 0.2) is 6.10 Å². The lowest BCUT2D eigenvalue weighted by Gasteiger charge is -2.18. The molecule has 458 valence electrons. The molecule has 79 heavy (non-hydrogen) atoms. The number of allylic oxidation sites excluding steroid dienone is 12. The highest BCUT2D eigenvalue weighted by Crippen LogP contribution is 2.18. The molecule has 0 saturated carbocycles. The zero-order valence-electron chi connectivity index (χ0n) is 52.6. The van der Waals surface area contributed by atoms with Crippen molar-refractivity contribution in [1.29, 1.82) is 0 Å². The van der Waals surface area contributed by atoms with Crippen molar-refractivity contribution < 1.29 is 28.6 Å². The first-order valence-electron chi connectivity index (χ1n) is 34.4. The Balaban J connectivity index is 4.29. The van der Waals surface area contributed by atoms with Crippen LogP contribution >= 0.6 is 0 Å². The number of carbonyl (C=O) groups is 3. The molecule has 0 rings (SSSR count). The third-order valence-corrected chi connectivity index (χ3v) is 15.2. The van der Waals surface area contributed by atoms with Crippen molar-refractivity contribution >= 4 is 17.9 Å².